The van der Waals surface area contributed by atoms with Crippen LogP contribution in [0.2, 0.25) is 0 Å². The van der Waals surface area contributed by atoms with Gasteiger partial charge in [0.25, 0.3) is 5.69 Å². The van der Waals surface area contributed by atoms with Gasteiger partial charge in [0.15, 0.2) is 5.17 Å². The van der Waals surface area contributed by atoms with Gasteiger partial charge in [-0.1, -0.05) is 36.0 Å². The second-order valence-corrected chi connectivity index (χ2v) is 10.4. The van der Waals surface area contributed by atoms with Gasteiger partial charge < -0.3 is 14.4 Å². The summed E-state index contributed by atoms with van der Waals surface area (Å²) in [6, 6.07) is 23.0. The number of benzene rings is 3. The number of non-ortho nitro benzene ring substituents is 1. The minimum atomic E-state index is -0.371. The third kappa shape index (κ3) is 4.72. The van der Waals surface area contributed by atoms with Crippen molar-refractivity contribution in [1.29, 1.82) is 0 Å². The molecule has 0 spiro atoms. The molecule has 3 aromatic carbocycles. The number of hydrogen-bond acceptors (Lipinski definition) is 7. The van der Waals surface area contributed by atoms with E-state index in [2.05, 4.69) is 34.6 Å². The Morgan fingerprint density at radius 1 is 1.00 bits per heavy atom. The summed E-state index contributed by atoms with van der Waals surface area (Å²) in [7, 11) is 3.36. The Morgan fingerprint density at radius 3 is 2.49 bits per heavy atom. The third-order valence-corrected chi connectivity index (χ3v) is 8.10. The lowest BCUT2D eigenvalue weighted by molar-refractivity contribution is -0.384. The maximum atomic E-state index is 11.2. The molecule has 0 N–H and O–H groups in total. The van der Waals surface area contributed by atoms with Gasteiger partial charge in [-0.3, -0.25) is 10.1 Å². The molecule has 0 radical (unpaired) electrons. The molecule has 2 heterocycles. The van der Waals surface area contributed by atoms with E-state index in [4.69, 9.17) is 14.5 Å². The standard InChI is InChI=1S/C31H27N3O4S/c1-37-25-9-3-6-20(17-25)16-22-7-5-11-27-29(22)32-31-33(30(27)23-8-4-10-26(18-23)38-2)28(19-39-31)21-12-14-24(15-13-21)34(35)36/h3-4,6,8-10,12-19,30H,5,7,11H2,1-2H3/b22-16+/t30-/m0/s1. The van der Waals surface area contributed by atoms with E-state index in [1.54, 1.807) is 38.1 Å². The zero-order valence-electron chi connectivity index (χ0n) is 21.7. The summed E-state index contributed by atoms with van der Waals surface area (Å²) in [5.41, 5.74) is 7.71. The molecule has 0 saturated heterocycles. The van der Waals surface area contributed by atoms with Crippen LogP contribution in [0, 0.1) is 10.1 Å². The first-order chi connectivity index (χ1) is 19.1. The summed E-state index contributed by atoms with van der Waals surface area (Å²) in [6.07, 6.45) is 5.13. The quantitative estimate of drug-likeness (QED) is 0.238. The van der Waals surface area contributed by atoms with Crippen LogP contribution in [0.1, 0.15) is 42.0 Å². The topological polar surface area (TPSA) is 77.2 Å². The number of amidine groups is 1. The zero-order valence-corrected chi connectivity index (χ0v) is 22.5. The number of rotatable bonds is 6. The number of allylic oxidation sites excluding steroid dienone is 1. The fraction of sp³-hybridized carbons (Fsp3) is 0.194. The van der Waals surface area contributed by atoms with Crippen LogP contribution in [0.4, 0.5) is 5.69 Å². The Labute approximate surface area is 231 Å². The van der Waals surface area contributed by atoms with Crippen LogP contribution in [0.25, 0.3) is 11.8 Å². The first kappa shape index (κ1) is 25.0. The number of fused-ring (bicyclic) bond motifs is 1. The molecule has 196 valence electrons. The molecule has 0 unspecified atom stereocenters. The molecule has 39 heavy (non-hydrogen) atoms. The molecule has 3 aliphatic rings. The maximum absolute atomic E-state index is 11.2. The molecule has 0 saturated carbocycles. The molecule has 0 amide bonds. The van der Waals surface area contributed by atoms with Crippen molar-refractivity contribution in [2.45, 2.75) is 25.3 Å². The van der Waals surface area contributed by atoms with Crippen molar-refractivity contribution in [2.24, 2.45) is 4.99 Å². The number of nitrogens with zero attached hydrogens (tertiary/aromatic N) is 3. The van der Waals surface area contributed by atoms with Crippen LogP contribution in [-0.4, -0.2) is 29.2 Å². The molecule has 6 rings (SSSR count). The van der Waals surface area contributed by atoms with E-state index in [0.717, 1.165) is 64.0 Å². The summed E-state index contributed by atoms with van der Waals surface area (Å²) < 4.78 is 11.0. The molecule has 3 aromatic rings. The summed E-state index contributed by atoms with van der Waals surface area (Å²) in [5, 5.41) is 14.2. The highest BCUT2D eigenvalue weighted by molar-refractivity contribution is 8.16. The van der Waals surface area contributed by atoms with Crippen LogP contribution in [0.15, 0.2) is 100 Å². The Balaban J connectivity index is 1.47. The molecule has 8 heteroatoms. The Bertz CT molecular complexity index is 1570. The van der Waals surface area contributed by atoms with Gasteiger partial charge in [-0.25, -0.2) is 4.99 Å². The zero-order chi connectivity index (χ0) is 26.9. The van der Waals surface area contributed by atoms with Crippen molar-refractivity contribution < 1.29 is 14.4 Å². The largest absolute Gasteiger partial charge is 0.497 e. The molecule has 1 atom stereocenters. The average molecular weight is 538 g/mol. The Morgan fingerprint density at radius 2 is 1.74 bits per heavy atom. The van der Waals surface area contributed by atoms with E-state index in [9.17, 15) is 10.1 Å². The number of ether oxygens (including phenoxy) is 2. The number of hydrogen-bond donors (Lipinski definition) is 0. The van der Waals surface area contributed by atoms with Crippen molar-refractivity contribution in [3.8, 4) is 11.5 Å². The van der Waals surface area contributed by atoms with Crippen LogP contribution in [0.3, 0.4) is 0 Å². The number of nitro benzene ring substituents is 1. The van der Waals surface area contributed by atoms with Crippen molar-refractivity contribution in [1.82, 2.24) is 4.90 Å². The molecular weight excluding hydrogens is 510 g/mol. The third-order valence-electron chi connectivity index (χ3n) is 7.26. The monoisotopic (exact) mass is 537 g/mol. The second-order valence-electron chi connectivity index (χ2n) is 9.54. The van der Waals surface area contributed by atoms with Crippen molar-refractivity contribution >= 4 is 34.4 Å². The molecular formula is C31H27N3O4S. The van der Waals surface area contributed by atoms with Crippen molar-refractivity contribution in [2.75, 3.05) is 14.2 Å². The van der Waals surface area contributed by atoms with Gasteiger partial charge in [0.1, 0.15) is 11.5 Å². The number of aliphatic imine (C=N–C) groups is 1. The van der Waals surface area contributed by atoms with E-state index >= 15 is 0 Å². The van der Waals surface area contributed by atoms with Gasteiger partial charge in [-0.05, 0) is 89.6 Å². The highest BCUT2D eigenvalue weighted by atomic mass is 32.2. The summed E-state index contributed by atoms with van der Waals surface area (Å²) >= 11 is 1.59. The first-order valence-electron chi connectivity index (χ1n) is 12.8. The lowest BCUT2D eigenvalue weighted by Gasteiger charge is -2.40. The van der Waals surface area contributed by atoms with E-state index in [1.165, 1.54) is 11.1 Å². The van der Waals surface area contributed by atoms with E-state index in [1.807, 2.05) is 42.5 Å². The van der Waals surface area contributed by atoms with Gasteiger partial charge in [0, 0.05) is 17.5 Å². The number of nitro groups is 1. The molecule has 0 bridgehead atoms. The minimum absolute atomic E-state index is 0.0754. The lowest BCUT2D eigenvalue weighted by atomic mass is 9.82. The summed E-state index contributed by atoms with van der Waals surface area (Å²) in [6.45, 7) is 0. The molecule has 0 fully saturated rings. The Kier molecular flexibility index (Phi) is 6.70. The summed E-state index contributed by atoms with van der Waals surface area (Å²) in [4.78, 5) is 18.4. The number of thioether (sulfide) groups is 1. The van der Waals surface area contributed by atoms with E-state index in [-0.39, 0.29) is 16.7 Å². The molecule has 0 aromatic heterocycles. The van der Waals surface area contributed by atoms with Crippen molar-refractivity contribution in [3.05, 3.63) is 122 Å². The SMILES string of the molecule is COc1cccc(/C=C2\CCCC3=C2N=C2SC=C(c4ccc([N+](=O)[O-])cc4)N2[C@H]3c2cccc(OC)c2)c1. The van der Waals surface area contributed by atoms with Gasteiger partial charge in [-0.2, -0.15) is 0 Å². The van der Waals surface area contributed by atoms with E-state index in [0.29, 0.717) is 0 Å². The highest BCUT2D eigenvalue weighted by Gasteiger charge is 2.40. The van der Waals surface area contributed by atoms with Gasteiger partial charge in [0.05, 0.1) is 36.6 Å². The van der Waals surface area contributed by atoms with Gasteiger partial charge in [0.2, 0.25) is 0 Å². The van der Waals surface area contributed by atoms with Gasteiger partial charge in [-0.15, -0.1) is 0 Å². The normalized spacial score (nSPS) is 19.3. The summed E-state index contributed by atoms with van der Waals surface area (Å²) in [5.74, 6) is 1.63. The van der Waals surface area contributed by atoms with Crippen molar-refractivity contribution in [3.63, 3.8) is 0 Å². The Hall–Kier alpha value is -4.30. The molecule has 7 nitrogen and oxygen atoms in total. The predicted octanol–water partition coefficient (Wildman–Crippen LogP) is 7.59. The van der Waals surface area contributed by atoms with Crippen LogP contribution >= 0.6 is 11.8 Å². The smallest absolute Gasteiger partial charge is 0.269 e. The lowest BCUT2D eigenvalue weighted by Crippen LogP contribution is -2.34. The van der Waals surface area contributed by atoms with Crippen LogP contribution in [0.5, 0.6) is 11.5 Å². The number of methoxy groups -OCH3 is 2. The molecule has 1 aliphatic carbocycles. The first-order valence-corrected chi connectivity index (χ1v) is 13.7. The fourth-order valence-corrected chi connectivity index (χ4v) is 6.35. The van der Waals surface area contributed by atoms with E-state index < -0.39 is 0 Å². The van der Waals surface area contributed by atoms with Crippen LogP contribution < -0.4 is 9.47 Å². The predicted molar refractivity (Wildman–Crippen MR) is 156 cm³/mol. The molecule has 2 aliphatic heterocycles. The van der Waals surface area contributed by atoms with Gasteiger partial charge >= 0.3 is 0 Å². The fourth-order valence-electron chi connectivity index (χ4n) is 5.42. The maximum Gasteiger partial charge on any atom is 0.269 e. The van der Waals surface area contributed by atoms with Crippen LogP contribution in [-0.2, 0) is 0 Å². The average Bonchev–Trinajstić information content (AvgIpc) is 3.40. The minimum Gasteiger partial charge on any atom is -0.497 e. The highest BCUT2D eigenvalue weighted by Crippen LogP contribution is 2.51. The second kappa shape index (κ2) is 10.5.